The van der Waals surface area contributed by atoms with E-state index in [9.17, 15) is 5.11 Å². The lowest BCUT2D eigenvalue weighted by atomic mass is 10.1. The molecule has 100 valence electrons. The monoisotopic (exact) mass is 276 g/mol. The summed E-state index contributed by atoms with van der Waals surface area (Å²) in [6, 6.07) is 17.7. The van der Waals surface area contributed by atoms with E-state index in [-0.39, 0.29) is 0 Å². The van der Waals surface area contributed by atoms with E-state index in [4.69, 9.17) is 11.6 Å². The smallest absolute Gasteiger partial charge is 0.128 e. The Kier molecular flexibility index (Phi) is 5.40. The normalized spacial score (nSPS) is 12.3. The average molecular weight is 277 g/mol. The van der Waals surface area contributed by atoms with Crippen molar-refractivity contribution in [2.75, 3.05) is 13.1 Å². The standard InChI is InChI=1S/C16H18ClNO/c17-15-8-6-13(7-9-15)10-11-18-12-16(19)14-4-2-1-3-5-14/h1-9,16,18-19H,10-12H2/p+1/t16-/m1/s1. The molecule has 0 aliphatic carbocycles. The molecular formula is C16H19ClNO+. The second-order valence-electron chi connectivity index (χ2n) is 4.62. The van der Waals surface area contributed by atoms with Crippen LogP contribution in [-0.4, -0.2) is 18.2 Å². The molecule has 0 fully saturated rings. The fraction of sp³-hybridized carbons (Fsp3) is 0.250. The van der Waals surface area contributed by atoms with Gasteiger partial charge in [-0.05, 0) is 23.3 Å². The maximum atomic E-state index is 10.0. The van der Waals surface area contributed by atoms with Crippen molar-refractivity contribution in [1.29, 1.82) is 0 Å². The highest BCUT2D eigenvalue weighted by molar-refractivity contribution is 6.30. The Morgan fingerprint density at radius 3 is 2.37 bits per heavy atom. The van der Waals surface area contributed by atoms with Crippen molar-refractivity contribution in [3.8, 4) is 0 Å². The lowest BCUT2D eigenvalue weighted by Crippen LogP contribution is -2.85. The summed E-state index contributed by atoms with van der Waals surface area (Å²) in [5.41, 5.74) is 2.25. The Morgan fingerprint density at radius 1 is 1.00 bits per heavy atom. The Bertz CT molecular complexity index is 484. The SMILES string of the molecule is O[C@H](C[NH2+]CCc1ccc(Cl)cc1)c1ccccc1. The van der Waals surface area contributed by atoms with E-state index in [0.717, 1.165) is 23.6 Å². The molecule has 1 atom stereocenters. The molecule has 0 aliphatic rings. The van der Waals surface area contributed by atoms with E-state index in [2.05, 4.69) is 5.32 Å². The number of aliphatic hydroxyl groups is 1. The van der Waals surface area contributed by atoms with E-state index in [1.54, 1.807) is 0 Å². The minimum atomic E-state index is -0.397. The average Bonchev–Trinajstić information content (AvgIpc) is 2.46. The van der Waals surface area contributed by atoms with E-state index < -0.39 is 6.10 Å². The molecule has 0 aromatic heterocycles. The minimum absolute atomic E-state index is 0.397. The van der Waals surface area contributed by atoms with Crippen LogP contribution in [0.5, 0.6) is 0 Å². The number of quaternary nitrogens is 1. The van der Waals surface area contributed by atoms with Crippen molar-refractivity contribution in [2.24, 2.45) is 0 Å². The zero-order valence-electron chi connectivity index (χ0n) is 10.8. The van der Waals surface area contributed by atoms with Gasteiger partial charge in [-0.25, -0.2) is 0 Å². The maximum absolute atomic E-state index is 10.0. The van der Waals surface area contributed by atoms with Gasteiger partial charge in [0.25, 0.3) is 0 Å². The van der Waals surface area contributed by atoms with E-state index in [0.29, 0.717) is 6.54 Å². The minimum Gasteiger partial charge on any atom is -0.382 e. The summed E-state index contributed by atoms with van der Waals surface area (Å²) in [6.45, 7) is 1.66. The zero-order chi connectivity index (χ0) is 13.5. The molecule has 0 saturated carbocycles. The first-order chi connectivity index (χ1) is 9.25. The first-order valence-corrected chi connectivity index (χ1v) is 6.92. The van der Waals surface area contributed by atoms with Gasteiger partial charge in [-0.3, -0.25) is 0 Å². The molecule has 0 spiro atoms. The molecule has 0 amide bonds. The Balaban J connectivity index is 1.71. The maximum Gasteiger partial charge on any atom is 0.128 e. The molecule has 3 heteroatoms. The summed E-state index contributed by atoms with van der Waals surface area (Å²) in [6.07, 6.45) is 0.588. The van der Waals surface area contributed by atoms with Crippen molar-refractivity contribution in [3.05, 3.63) is 70.7 Å². The molecule has 0 heterocycles. The Morgan fingerprint density at radius 2 is 1.68 bits per heavy atom. The fourth-order valence-corrected chi connectivity index (χ4v) is 2.13. The van der Waals surface area contributed by atoms with Gasteiger partial charge in [-0.15, -0.1) is 0 Å². The molecule has 0 radical (unpaired) electrons. The van der Waals surface area contributed by atoms with E-state index >= 15 is 0 Å². The van der Waals surface area contributed by atoms with Gasteiger partial charge < -0.3 is 10.4 Å². The summed E-state index contributed by atoms with van der Waals surface area (Å²) in [7, 11) is 0. The third-order valence-corrected chi connectivity index (χ3v) is 3.38. The van der Waals surface area contributed by atoms with Gasteiger partial charge in [0, 0.05) is 11.4 Å². The number of aliphatic hydroxyl groups excluding tert-OH is 1. The van der Waals surface area contributed by atoms with Crippen LogP contribution in [0.3, 0.4) is 0 Å². The molecule has 2 aromatic carbocycles. The molecule has 2 nitrogen and oxygen atoms in total. The summed E-state index contributed by atoms with van der Waals surface area (Å²) < 4.78 is 0. The van der Waals surface area contributed by atoms with Crippen molar-refractivity contribution in [1.82, 2.24) is 0 Å². The lowest BCUT2D eigenvalue weighted by Gasteiger charge is -2.09. The highest BCUT2D eigenvalue weighted by Crippen LogP contribution is 2.10. The quantitative estimate of drug-likeness (QED) is 0.780. The number of rotatable bonds is 6. The number of benzene rings is 2. The fourth-order valence-electron chi connectivity index (χ4n) is 2.01. The van der Waals surface area contributed by atoms with Crippen LogP contribution in [-0.2, 0) is 6.42 Å². The van der Waals surface area contributed by atoms with Crippen molar-refractivity contribution in [3.63, 3.8) is 0 Å². The lowest BCUT2D eigenvalue weighted by molar-refractivity contribution is -0.661. The predicted octanol–water partition coefficient (Wildman–Crippen LogP) is 2.18. The molecule has 2 rings (SSSR count). The van der Waals surface area contributed by atoms with Crippen LogP contribution in [0.4, 0.5) is 0 Å². The predicted molar refractivity (Wildman–Crippen MR) is 78.2 cm³/mol. The van der Waals surface area contributed by atoms with Gasteiger partial charge >= 0.3 is 0 Å². The van der Waals surface area contributed by atoms with E-state index in [1.165, 1.54) is 5.56 Å². The molecule has 0 unspecified atom stereocenters. The Hall–Kier alpha value is -1.35. The highest BCUT2D eigenvalue weighted by atomic mass is 35.5. The number of nitrogens with two attached hydrogens (primary N) is 1. The van der Waals surface area contributed by atoms with Crippen molar-refractivity contribution >= 4 is 11.6 Å². The van der Waals surface area contributed by atoms with Crippen LogP contribution in [0.2, 0.25) is 5.02 Å². The molecule has 0 saturated heterocycles. The summed E-state index contributed by atoms with van der Waals surface area (Å²) >= 11 is 5.84. The molecule has 0 bridgehead atoms. The van der Waals surface area contributed by atoms with Gasteiger partial charge in [0.05, 0.1) is 6.54 Å². The van der Waals surface area contributed by atoms with Gasteiger partial charge in [0.1, 0.15) is 12.6 Å². The first kappa shape index (κ1) is 14.1. The van der Waals surface area contributed by atoms with Crippen LogP contribution in [0.1, 0.15) is 17.2 Å². The number of halogens is 1. The van der Waals surface area contributed by atoms with Crippen LogP contribution in [0.25, 0.3) is 0 Å². The molecular weight excluding hydrogens is 258 g/mol. The van der Waals surface area contributed by atoms with Crippen LogP contribution in [0.15, 0.2) is 54.6 Å². The first-order valence-electron chi connectivity index (χ1n) is 6.55. The van der Waals surface area contributed by atoms with Gasteiger partial charge in [0.15, 0.2) is 0 Å². The third kappa shape index (κ3) is 4.67. The van der Waals surface area contributed by atoms with Gasteiger partial charge in [0.2, 0.25) is 0 Å². The summed E-state index contributed by atoms with van der Waals surface area (Å²) in [4.78, 5) is 0. The second kappa shape index (κ2) is 7.29. The molecule has 2 aromatic rings. The molecule has 19 heavy (non-hydrogen) atoms. The topological polar surface area (TPSA) is 36.8 Å². The number of hydrogen-bond donors (Lipinski definition) is 2. The van der Waals surface area contributed by atoms with Gasteiger partial charge in [-0.2, -0.15) is 0 Å². The van der Waals surface area contributed by atoms with Gasteiger partial charge in [-0.1, -0.05) is 54.1 Å². The highest BCUT2D eigenvalue weighted by Gasteiger charge is 2.08. The third-order valence-electron chi connectivity index (χ3n) is 3.12. The second-order valence-corrected chi connectivity index (χ2v) is 5.05. The van der Waals surface area contributed by atoms with Crippen LogP contribution in [0, 0.1) is 0 Å². The summed E-state index contributed by atoms with van der Waals surface area (Å²) in [5.74, 6) is 0. The Labute approximate surface area is 119 Å². The zero-order valence-corrected chi connectivity index (χ0v) is 11.6. The largest absolute Gasteiger partial charge is 0.382 e. The van der Waals surface area contributed by atoms with Crippen molar-refractivity contribution < 1.29 is 10.4 Å². The van der Waals surface area contributed by atoms with Crippen LogP contribution < -0.4 is 5.32 Å². The number of hydrogen-bond acceptors (Lipinski definition) is 1. The summed E-state index contributed by atoms with van der Waals surface area (Å²) in [5, 5.41) is 12.9. The van der Waals surface area contributed by atoms with E-state index in [1.807, 2.05) is 54.6 Å². The molecule has 0 aliphatic heterocycles. The van der Waals surface area contributed by atoms with Crippen LogP contribution >= 0.6 is 11.6 Å². The molecule has 3 N–H and O–H groups in total. The van der Waals surface area contributed by atoms with Crippen molar-refractivity contribution in [2.45, 2.75) is 12.5 Å².